The second-order valence-electron chi connectivity index (χ2n) is 2.78. The first-order valence-corrected chi connectivity index (χ1v) is 5.57. The lowest BCUT2D eigenvalue weighted by Gasteiger charge is -1.99. The smallest absolute Gasteiger partial charge is 0.278 e. The van der Waals surface area contributed by atoms with Crippen LogP contribution in [-0.2, 0) is 5.88 Å². The highest BCUT2D eigenvalue weighted by atomic mass is 35.5. The molecule has 2 nitrogen and oxygen atoms in total. The van der Waals surface area contributed by atoms with Crippen LogP contribution >= 0.6 is 22.9 Å². The normalized spacial score (nSPS) is 10.3. The fourth-order valence-electron chi connectivity index (χ4n) is 1.00. The Morgan fingerprint density at radius 3 is 2.67 bits per heavy atom. The van der Waals surface area contributed by atoms with Crippen LogP contribution in [0.25, 0.3) is 0 Å². The van der Waals surface area contributed by atoms with E-state index in [-0.39, 0.29) is 5.82 Å². The highest BCUT2D eigenvalue weighted by Gasteiger charge is 2.03. The summed E-state index contributed by atoms with van der Waals surface area (Å²) in [5, 5.41) is 0.511. The van der Waals surface area contributed by atoms with Crippen molar-refractivity contribution in [2.24, 2.45) is 0 Å². The van der Waals surface area contributed by atoms with Crippen molar-refractivity contribution in [3.05, 3.63) is 41.2 Å². The maximum absolute atomic E-state index is 12.6. The molecule has 5 heteroatoms. The third kappa shape index (κ3) is 2.67. The predicted octanol–water partition coefficient (Wildman–Crippen LogP) is 3.81. The molecule has 0 aliphatic heterocycles. The van der Waals surface area contributed by atoms with E-state index in [0.29, 0.717) is 16.8 Å². The van der Waals surface area contributed by atoms with Crippen LogP contribution in [0.15, 0.2) is 30.5 Å². The molecule has 0 saturated heterocycles. The molecule has 1 aromatic carbocycles. The molecular weight excluding hydrogens is 237 g/mol. The molecule has 0 fully saturated rings. The molecule has 0 unspecified atom stereocenters. The molecule has 1 aromatic heterocycles. The van der Waals surface area contributed by atoms with E-state index in [1.807, 2.05) is 0 Å². The van der Waals surface area contributed by atoms with Gasteiger partial charge in [-0.1, -0.05) is 11.3 Å². The summed E-state index contributed by atoms with van der Waals surface area (Å²) in [5.41, 5.74) is 0. The van der Waals surface area contributed by atoms with Crippen molar-refractivity contribution in [1.29, 1.82) is 0 Å². The van der Waals surface area contributed by atoms with Gasteiger partial charge in [0.25, 0.3) is 5.19 Å². The minimum Gasteiger partial charge on any atom is -0.431 e. The van der Waals surface area contributed by atoms with Crippen LogP contribution < -0.4 is 4.74 Å². The highest BCUT2D eigenvalue weighted by Crippen LogP contribution is 2.27. The lowest BCUT2D eigenvalue weighted by molar-refractivity contribution is 0.477. The van der Waals surface area contributed by atoms with Crippen LogP contribution in [-0.4, -0.2) is 4.98 Å². The zero-order valence-electron chi connectivity index (χ0n) is 7.61. The number of hydrogen-bond acceptors (Lipinski definition) is 3. The third-order valence-corrected chi connectivity index (χ3v) is 3.00. The number of halogens is 2. The predicted molar refractivity (Wildman–Crippen MR) is 58.1 cm³/mol. The fraction of sp³-hybridized carbons (Fsp3) is 0.100. The number of hydrogen-bond donors (Lipinski definition) is 0. The van der Waals surface area contributed by atoms with Crippen molar-refractivity contribution in [2.75, 3.05) is 0 Å². The first-order valence-electron chi connectivity index (χ1n) is 4.22. The highest BCUT2D eigenvalue weighted by molar-refractivity contribution is 7.13. The van der Waals surface area contributed by atoms with Gasteiger partial charge in [0.2, 0.25) is 0 Å². The van der Waals surface area contributed by atoms with Crippen LogP contribution in [0.4, 0.5) is 4.39 Å². The lowest BCUT2D eigenvalue weighted by atomic mass is 10.3. The van der Waals surface area contributed by atoms with Gasteiger partial charge in [0.05, 0.1) is 5.88 Å². The summed E-state index contributed by atoms with van der Waals surface area (Å²) in [6.07, 6.45) is 1.66. The SMILES string of the molecule is Fc1ccc(Oc2ncc(CCl)s2)cc1. The molecular formula is C10H7ClFNOS. The van der Waals surface area contributed by atoms with Crippen molar-refractivity contribution in [1.82, 2.24) is 4.98 Å². The molecule has 15 heavy (non-hydrogen) atoms. The molecule has 78 valence electrons. The molecule has 0 amide bonds. The standard InChI is InChI=1S/C10H7ClFNOS/c11-5-9-6-13-10(15-9)14-8-3-1-7(12)2-4-8/h1-4,6H,5H2. The Labute approximate surface area is 95.3 Å². The maximum atomic E-state index is 12.6. The zero-order chi connectivity index (χ0) is 10.7. The zero-order valence-corrected chi connectivity index (χ0v) is 9.19. The molecule has 2 aromatic rings. The Morgan fingerprint density at radius 1 is 1.33 bits per heavy atom. The van der Waals surface area contributed by atoms with Gasteiger partial charge in [0.1, 0.15) is 11.6 Å². The summed E-state index contributed by atoms with van der Waals surface area (Å²) in [4.78, 5) is 4.96. The Morgan fingerprint density at radius 2 is 2.07 bits per heavy atom. The van der Waals surface area contributed by atoms with Gasteiger partial charge in [-0.3, -0.25) is 0 Å². The van der Waals surface area contributed by atoms with Crippen molar-refractivity contribution in [3.63, 3.8) is 0 Å². The average molecular weight is 244 g/mol. The van der Waals surface area contributed by atoms with Gasteiger partial charge in [-0.05, 0) is 24.3 Å². The summed E-state index contributed by atoms with van der Waals surface area (Å²) in [6.45, 7) is 0. The molecule has 0 aliphatic rings. The summed E-state index contributed by atoms with van der Waals surface area (Å²) >= 11 is 7.00. The van der Waals surface area contributed by atoms with E-state index in [1.54, 1.807) is 18.3 Å². The van der Waals surface area contributed by atoms with E-state index in [1.165, 1.54) is 23.5 Å². The molecule has 0 aliphatic carbocycles. The first kappa shape index (κ1) is 10.4. The molecule has 0 radical (unpaired) electrons. The second kappa shape index (κ2) is 4.59. The summed E-state index contributed by atoms with van der Waals surface area (Å²) in [6, 6.07) is 5.78. The van der Waals surface area contributed by atoms with Crippen molar-refractivity contribution < 1.29 is 9.13 Å². The topological polar surface area (TPSA) is 22.1 Å². The molecule has 1 heterocycles. The molecule has 0 N–H and O–H groups in total. The number of thiazole rings is 1. The van der Waals surface area contributed by atoms with Gasteiger partial charge in [0, 0.05) is 11.1 Å². The molecule has 0 bridgehead atoms. The van der Waals surface area contributed by atoms with Gasteiger partial charge in [0.15, 0.2) is 0 Å². The number of rotatable bonds is 3. The summed E-state index contributed by atoms with van der Waals surface area (Å²) in [7, 11) is 0. The Kier molecular flexibility index (Phi) is 3.18. The van der Waals surface area contributed by atoms with Crippen LogP contribution in [0, 0.1) is 5.82 Å². The number of nitrogens with zero attached hydrogens (tertiary/aromatic N) is 1. The Balaban J connectivity index is 2.11. The Hall–Kier alpha value is -1.13. The van der Waals surface area contributed by atoms with Gasteiger partial charge in [-0.25, -0.2) is 9.37 Å². The Bertz CT molecular complexity index is 443. The van der Waals surface area contributed by atoms with Gasteiger partial charge in [-0.15, -0.1) is 11.6 Å². The number of ether oxygens (including phenoxy) is 1. The number of benzene rings is 1. The average Bonchev–Trinajstić information content (AvgIpc) is 2.69. The van der Waals surface area contributed by atoms with E-state index in [0.717, 1.165) is 4.88 Å². The monoisotopic (exact) mass is 243 g/mol. The summed E-state index contributed by atoms with van der Waals surface area (Å²) in [5.74, 6) is 0.694. The quantitative estimate of drug-likeness (QED) is 0.765. The van der Waals surface area contributed by atoms with Crippen LogP contribution in [0.5, 0.6) is 10.9 Å². The van der Waals surface area contributed by atoms with Crippen molar-refractivity contribution >= 4 is 22.9 Å². The minimum atomic E-state index is -0.289. The number of alkyl halides is 1. The minimum absolute atomic E-state index is 0.289. The van der Waals surface area contributed by atoms with Gasteiger partial charge >= 0.3 is 0 Å². The van der Waals surface area contributed by atoms with Crippen molar-refractivity contribution in [2.45, 2.75) is 5.88 Å². The van der Waals surface area contributed by atoms with E-state index in [2.05, 4.69) is 4.98 Å². The van der Waals surface area contributed by atoms with Gasteiger partial charge < -0.3 is 4.74 Å². The maximum Gasteiger partial charge on any atom is 0.278 e. The van der Waals surface area contributed by atoms with E-state index in [4.69, 9.17) is 16.3 Å². The van der Waals surface area contributed by atoms with Crippen LogP contribution in [0.3, 0.4) is 0 Å². The van der Waals surface area contributed by atoms with Crippen LogP contribution in [0.2, 0.25) is 0 Å². The van der Waals surface area contributed by atoms with Gasteiger partial charge in [-0.2, -0.15) is 0 Å². The number of aromatic nitrogens is 1. The first-order chi connectivity index (χ1) is 7.28. The third-order valence-electron chi connectivity index (χ3n) is 1.68. The molecule has 2 rings (SSSR count). The molecule has 0 spiro atoms. The second-order valence-corrected chi connectivity index (χ2v) is 4.13. The lowest BCUT2D eigenvalue weighted by Crippen LogP contribution is -1.82. The largest absolute Gasteiger partial charge is 0.431 e. The molecule has 0 atom stereocenters. The van der Waals surface area contributed by atoms with Crippen LogP contribution in [0.1, 0.15) is 4.88 Å². The summed E-state index contributed by atoms with van der Waals surface area (Å²) < 4.78 is 18.0. The van der Waals surface area contributed by atoms with Crippen molar-refractivity contribution in [3.8, 4) is 10.9 Å². The van der Waals surface area contributed by atoms with E-state index >= 15 is 0 Å². The van der Waals surface area contributed by atoms with E-state index < -0.39 is 0 Å². The fourth-order valence-corrected chi connectivity index (χ4v) is 1.86. The van der Waals surface area contributed by atoms with E-state index in [9.17, 15) is 4.39 Å². The molecule has 0 saturated carbocycles.